The maximum Gasteiger partial charge on any atom is 0.258 e. The topological polar surface area (TPSA) is 89.0 Å². The lowest BCUT2D eigenvalue weighted by Crippen LogP contribution is -2.13. The largest absolute Gasteiger partial charge is 0.491 e. The van der Waals surface area contributed by atoms with E-state index in [1.807, 2.05) is 68.4 Å². The summed E-state index contributed by atoms with van der Waals surface area (Å²) >= 11 is 0. The average molecular weight is 399 g/mol. The number of ether oxygens (including phenoxy) is 1. The molecule has 2 aromatic heterocycles. The minimum atomic E-state index is -0.296. The molecular weight excluding hydrogens is 378 g/mol. The molecule has 4 aromatic rings. The molecule has 2 heterocycles. The Kier molecular flexibility index (Phi) is 5.52. The van der Waals surface area contributed by atoms with Crippen LogP contribution in [0, 0.1) is 0 Å². The number of amides is 1. The van der Waals surface area contributed by atoms with Gasteiger partial charge in [-0.25, -0.2) is 9.97 Å². The maximum atomic E-state index is 12.6. The number of hydrogen-bond acceptors (Lipinski definition) is 6. The summed E-state index contributed by atoms with van der Waals surface area (Å²) < 4.78 is 5.63. The van der Waals surface area contributed by atoms with Gasteiger partial charge in [-0.2, -0.15) is 0 Å². The monoisotopic (exact) mass is 399 g/mol. The zero-order valence-electron chi connectivity index (χ0n) is 16.7. The van der Waals surface area contributed by atoms with Crippen molar-refractivity contribution in [2.75, 3.05) is 10.6 Å². The molecular formula is C23H21N5O2. The van der Waals surface area contributed by atoms with E-state index in [9.17, 15) is 4.79 Å². The summed E-state index contributed by atoms with van der Waals surface area (Å²) in [5, 5.41) is 6.94. The van der Waals surface area contributed by atoms with Crippen LogP contribution in [-0.2, 0) is 0 Å². The molecule has 7 heteroatoms. The number of para-hydroxylation sites is 1. The summed E-state index contributed by atoms with van der Waals surface area (Å²) in [6.07, 6.45) is 4.79. The fraction of sp³-hybridized carbons (Fsp3) is 0.130. The minimum absolute atomic E-state index is 0.121. The highest BCUT2D eigenvalue weighted by Gasteiger charge is 2.10. The molecule has 0 fully saturated rings. The Morgan fingerprint density at radius 2 is 1.67 bits per heavy atom. The van der Waals surface area contributed by atoms with Crippen molar-refractivity contribution in [2.24, 2.45) is 0 Å². The van der Waals surface area contributed by atoms with Crippen LogP contribution in [0.2, 0.25) is 0 Å². The fourth-order valence-electron chi connectivity index (χ4n) is 2.93. The number of nitrogens with one attached hydrogen (secondary N) is 2. The third kappa shape index (κ3) is 4.52. The molecule has 0 saturated carbocycles. The molecule has 30 heavy (non-hydrogen) atoms. The lowest BCUT2D eigenvalue weighted by molar-refractivity contribution is 0.102. The van der Waals surface area contributed by atoms with Crippen LogP contribution in [0.4, 0.5) is 17.3 Å². The molecule has 0 aliphatic rings. The van der Waals surface area contributed by atoms with Gasteiger partial charge in [0.05, 0.1) is 22.9 Å². The van der Waals surface area contributed by atoms with Crippen LogP contribution < -0.4 is 15.4 Å². The number of rotatable bonds is 6. The number of nitrogens with zero attached hydrogens (tertiary/aromatic N) is 3. The van der Waals surface area contributed by atoms with Crippen LogP contribution >= 0.6 is 0 Å². The zero-order chi connectivity index (χ0) is 20.9. The van der Waals surface area contributed by atoms with Crippen LogP contribution in [0.3, 0.4) is 0 Å². The molecule has 0 bridgehead atoms. The van der Waals surface area contributed by atoms with Crippen molar-refractivity contribution in [3.8, 4) is 5.75 Å². The van der Waals surface area contributed by atoms with Gasteiger partial charge in [0.1, 0.15) is 5.75 Å². The number of aromatic nitrogens is 3. The van der Waals surface area contributed by atoms with E-state index in [0.717, 1.165) is 22.3 Å². The van der Waals surface area contributed by atoms with Gasteiger partial charge in [-0.05, 0) is 50.2 Å². The number of pyridine rings is 1. The van der Waals surface area contributed by atoms with E-state index in [4.69, 9.17) is 4.74 Å². The van der Waals surface area contributed by atoms with Crippen LogP contribution in [0.15, 0.2) is 73.2 Å². The lowest BCUT2D eigenvalue weighted by atomic mass is 10.2. The Labute approximate surface area is 174 Å². The van der Waals surface area contributed by atoms with E-state index in [-0.39, 0.29) is 12.0 Å². The van der Waals surface area contributed by atoms with Gasteiger partial charge < -0.3 is 15.4 Å². The Hall–Kier alpha value is -4.00. The third-order valence-electron chi connectivity index (χ3n) is 4.28. The SMILES string of the molecule is CC(C)Oc1ccc(Nc2ncc(C(=O)Nc3cccc4cccnc34)cn2)cc1. The Bertz CT molecular complexity index is 1150. The molecule has 0 spiro atoms. The highest BCUT2D eigenvalue weighted by Crippen LogP contribution is 2.22. The predicted molar refractivity (Wildman–Crippen MR) is 117 cm³/mol. The summed E-state index contributed by atoms with van der Waals surface area (Å²) in [5.74, 6) is 0.900. The van der Waals surface area contributed by atoms with E-state index in [0.29, 0.717) is 17.2 Å². The molecule has 0 aliphatic heterocycles. The number of anilines is 3. The van der Waals surface area contributed by atoms with Crippen LogP contribution in [0.25, 0.3) is 10.9 Å². The zero-order valence-corrected chi connectivity index (χ0v) is 16.7. The maximum absolute atomic E-state index is 12.6. The first-order chi connectivity index (χ1) is 14.6. The molecule has 4 rings (SSSR count). The summed E-state index contributed by atoms with van der Waals surface area (Å²) in [7, 11) is 0. The average Bonchev–Trinajstić information content (AvgIpc) is 2.75. The van der Waals surface area contributed by atoms with Gasteiger partial charge in [-0.1, -0.05) is 18.2 Å². The van der Waals surface area contributed by atoms with E-state index in [1.165, 1.54) is 12.4 Å². The first-order valence-electron chi connectivity index (χ1n) is 9.59. The third-order valence-corrected chi connectivity index (χ3v) is 4.28. The summed E-state index contributed by atoms with van der Waals surface area (Å²) in [6.45, 7) is 3.96. The quantitative estimate of drug-likeness (QED) is 0.484. The van der Waals surface area contributed by atoms with Crippen LogP contribution in [0.1, 0.15) is 24.2 Å². The standard InChI is InChI=1S/C23H21N5O2/c1-15(2)30-19-10-8-18(9-11-19)27-23-25-13-17(14-26-23)22(29)28-20-7-3-5-16-6-4-12-24-21(16)20/h3-15H,1-2H3,(H,28,29)(H,25,26,27). The van der Waals surface area contributed by atoms with E-state index >= 15 is 0 Å². The molecule has 7 nitrogen and oxygen atoms in total. The second-order valence-corrected chi connectivity index (χ2v) is 6.95. The van der Waals surface area contributed by atoms with Crippen molar-refractivity contribution in [3.63, 3.8) is 0 Å². The smallest absolute Gasteiger partial charge is 0.258 e. The van der Waals surface area contributed by atoms with Crippen molar-refractivity contribution < 1.29 is 9.53 Å². The molecule has 0 radical (unpaired) electrons. The molecule has 1 amide bonds. The number of benzene rings is 2. The van der Waals surface area contributed by atoms with E-state index in [1.54, 1.807) is 6.20 Å². The van der Waals surface area contributed by atoms with Crippen molar-refractivity contribution >= 4 is 34.1 Å². The first kappa shape index (κ1) is 19.3. The lowest BCUT2D eigenvalue weighted by Gasteiger charge is -2.11. The highest BCUT2D eigenvalue weighted by atomic mass is 16.5. The predicted octanol–water partition coefficient (Wildman–Crippen LogP) is 4.81. The molecule has 150 valence electrons. The van der Waals surface area contributed by atoms with E-state index in [2.05, 4.69) is 25.6 Å². The van der Waals surface area contributed by atoms with Crippen molar-refractivity contribution in [2.45, 2.75) is 20.0 Å². The summed E-state index contributed by atoms with van der Waals surface area (Å²) in [6, 6.07) is 17.0. The van der Waals surface area contributed by atoms with E-state index < -0.39 is 0 Å². The van der Waals surface area contributed by atoms with Crippen molar-refractivity contribution in [1.82, 2.24) is 15.0 Å². The molecule has 2 N–H and O–H groups in total. The Morgan fingerprint density at radius 1 is 0.933 bits per heavy atom. The molecule has 0 saturated heterocycles. The minimum Gasteiger partial charge on any atom is -0.491 e. The number of fused-ring (bicyclic) bond motifs is 1. The normalized spacial score (nSPS) is 10.8. The van der Waals surface area contributed by atoms with Gasteiger partial charge >= 0.3 is 0 Å². The van der Waals surface area contributed by atoms with Crippen LogP contribution in [-0.4, -0.2) is 27.0 Å². The first-order valence-corrected chi connectivity index (χ1v) is 9.59. The van der Waals surface area contributed by atoms with Gasteiger partial charge in [0.2, 0.25) is 5.95 Å². The van der Waals surface area contributed by atoms with Gasteiger partial charge in [0.25, 0.3) is 5.91 Å². The molecule has 0 unspecified atom stereocenters. The van der Waals surface area contributed by atoms with Crippen molar-refractivity contribution in [3.05, 3.63) is 78.8 Å². The molecule has 0 atom stereocenters. The Morgan fingerprint density at radius 3 is 2.40 bits per heavy atom. The highest BCUT2D eigenvalue weighted by molar-refractivity contribution is 6.08. The number of carbonyl (C=O) groups is 1. The summed E-state index contributed by atoms with van der Waals surface area (Å²) in [5.41, 5.74) is 2.56. The summed E-state index contributed by atoms with van der Waals surface area (Å²) in [4.78, 5) is 25.4. The van der Waals surface area contributed by atoms with Crippen molar-refractivity contribution in [1.29, 1.82) is 0 Å². The molecule has 2 aromatic carbocycles. The Balaban J connectivity index is 1.43. The van der Waals surface area contributed by atoms with Crippen LogP contribution in [0.5, 0.6) is 5.75 Å². The second-order valence-electron chi connectivity index (χ2n) is 6.95. The van der Waals surface area contributed by atoms with Gasteiger partial charge in [-0.15, -0.1) is 0 Å². The van der Waals surface area contributed by atoms with Gasteiger partial charge in [0.15, 0.2) is 0 Å². The second kappa shape index (κ2) is 8.57. The molecule has 0 aliphatic carbocycles. The van der Waals surface area contributed by atoms with Gasteiger partial charge in [0, 0.05) is 29.7 Å². The number of carbonyl (C=O) groups excluding carboxylic acids is 1. The fourth-order valence-corrected chi connectivity index (χ4v) is 2.93. The number of hydrogen-bond donors (Lipinski definition) is 2. The van der Waals surface area contributed by atoms with Gasteiger partial charge in [-0.3, -0.25) is 9.78 Å².